The number of benzene rings is 1. The molecule has 0 atom stereocenters. The van der Waals surface area contributed by atoms with Crippen LogP contribution in [0, 0.1) is 0 Å². The summed E-state index contributed by atoms with van der Waals surface area (Å²) in [4.78, 5) is 11.2. The first kappa shape index (κ1) is 15.4. The van der Waals surface area contributed by atoms with Gasteiger partial charge in [-0.3, -0.25) is 4.79 Å². The fourth-order valence-electron chi connectivity index (χ4n) is 1.24. The van der Waals surface area contributed by atoms with Crippen molar-refractivity contribution in [1.29, 1.82) is 0 Å². The minimum absolute atomic E-state index is 0.267. The van der Waals surface area contributed by atoms with Crippen molar-refractivity contribution < 1.29 is 17.9 Å². The van der Waals surface area contributed by atoms with Gasteiger partial charge in [-0.05, 0) is 25.5 Å². The van der Waals surface area contributed by atoms with E-state index in [-0.39, 0.29) is 12.6 Å². The van der Waals surface area contributed by atoms with Gasteiger partial charge in [-0.15, -0.1) is 0 Å². The number of rotatable bonds is 6. The van der Waals surface area contributed by atoms with E-state index in [1.54, 1.807) is 38.1 Å². The highest BCUT2D eigenvalue weighted by Gasteiger charge is 2.10. The van der Waals surface area contributed by atoms with E-state index in [0.29, 0.717) is 0 Å². The molecule has 0 aromatic heterocycles. The molecule has 6 heteroatoms. The Morgan fingerprint density at radius 2 is 1.95 bits per heavy atom. The van der Waals surface area contributed by atoms with Crippen LogP contribution in [0.2, 0.25) is 0 Å². The third-order valence-corrected chi connectivity index (χ3v) is 3.07. The smallest absolute Gasteiger partial charge is 0.321 e. The standard InChI is InChI=1S/C13H17NO4S/c1-11(2)18-13(15)10-14-19(16,17)9-8-12-6-4-3-5-7-12/h3-9,11,14H,10H2,1-2H3/b9-8+. The molecule has 1 aromatic rings. The third-order valence-electron chi connectivity index (χ3n) is 2.02. The molecule has 0 aliphatic carbocycles. The van der Waals surface area contributed by atoms with Crippen LogP contribution in [-0.2, 0) is 19.6 Å². The summed E-state index contributed by atoms with van der Waals surface area (Å²) in [6, 6.07) is 9.00. The van der Waals surface area contributed by atoms with Gasteiger partial charge < -0.3 is 4.74 Å². The van der Waals surface area contributed by atoms with Crippen molar-refractivity contribution in [2.24, 2.45) is 0 Å². The van der Waals surface area contributed by atoms with Crippen molar-refractivity contribution in [2.45, 2.75) is 20.0 Å². The molecule has 0 aliphatic rings. The van der Waals surface area contributed by atoms with Gasteiger partial charge in [0.15, 0.2) is 0 Å². The molecule has 0 unspecified atom stereocenters. The lowest BCUT2D eigenvalue weighted by Crippen LogP contribution is -2.30. The summed E-state index contributed by atoms with van der Waals surface area (Å²) in [5, 5.41) is 1.02. The first-order valence-corrected chi connectivity index (χ1v) is 7.36. The summed E-state index contributed by atoms with van der Waals surface area (Å²) in [7, 11) is -3.64. The molecule has 0 radical (unpaired) electrons. The molecule has 104 valence electrons. The van der Waals surface area contributed by atoms with Crippen molar-refractivity contribution >= 4 is 22.1 Å². The molecule has 0 fully saturated rings. The van der Waals surface area contributed by atoms with Crippen molar-refractivity contribution in [3.63, 3.8) is 0 Å². The summed E-state index contributed by atoms with van der Waals surface area (Å²) < 4.78 is 30.1. The van der Waals surface area contributed by atoms with Crippen LogP contribution in [0.5, 0.6) is 0 Å². The second-order valence-corrected chi connectivity index (χ2v) is 5.77. The van der Waals surface area contributed by atoms with Gasteiger partial charge in [0.1, 0.15) is 6.54 Å². The maximum atomic E-state index is 11.6. The van der Waals surface area contributed by atoms with Crippen LogP contribution in [0.25, 0.3) is 6.08 Å². The van der Waals surface area contributed by atoms with E-state index in [9.17, 15) is 13.2 Å². The maximum absolute atomic E-state index is 11.6. The van der Waals surface area contributed by atoms with Gasteiger partial charge in [0, 0.05) is 5.41 Å². The Morgan fingerprint density at radius 3 is 2.53 bits per heavy atom. The van der Waals surface area contributed by atoms with Crippen LogP contribution in [0.3, 0.4) is 0 Å². The molecule has 0 amide bonds. The van der Waals surface area contributed by atoms with Crippen LogP contribution in [0.4, 0.5) is 0 Å². The molecular formula is C13H17NO4S. The number of hydrogen-bond acceptors (Lipinski definition) is 4. The van der Waals surface area contributed by atoms with Gasteiger partial charge in [0.25, 0.3) is 0 Å². The molecule has 1 N–H and O–H groups in total. The summed E-state index contributed by atoms with van der Waals surface area (Å²) in [5.41, 5.74) is 0.762. The number of ether oxygens (including phenoxy) is 1. The zero-order valence-corrected chi connectivity index (χ0v) is 11.7. The van der Waals surface area contributed by atoms with Gasteiger partial charge >= 0.3 is 5.97 Å². The molecule has 0 heterocycles. The van der Waals surface area contributed by atoms with Gasteiger partial charge in [0.2, 0.25) is 10.0 Å². The summed E-state index contributed by atoms with van der Waals surface area (Å²) in [6.07, 6.45) is 1.19. The zero-order valence-electron chi connectivity index (χ0n) is 10.9. The van der Waals surface area contributed by atoms with Gasteiger partial charge in [-0.2, -0.15) is 0 Å². The molecule has 1 aromatic carbocycles. The van der Waals surface area contributed by atoms with E-state index in [2.05, 4.69) is 4.72 Å². The topological polar surface area (TPSA) is 72.5 Å². The second-order valence-electron chi connectivity index (χ2n) is 4.12. The zero-order chi connectivity index (χ0) is 14.3. The SMILES string of the molecule is CC(C)OC(=O)CNS(=O)(=O)/C=C/c1ccccc1. The van der Waals surface area contributed by atoms with Gasteiger partial charge in [-0.25, -0.2) is 13.1 Å². The number of esters is 1. The molecule has 0 bridgehead atoms. The first-order valence-electron chi connectivity index (χ1n) is 5.81. The molecular weight excluding hydrogens is 266 g/mol. The van der Waals surface area contributed by atoms with Crippen LogP contribution < -0.4 is 4.72 Å². The summed E-state index contributed by atoms with van der Waals surface area (Å²) in [5.74, 6) is -0.605. The lowest BCUT2D eigenvalue weighted by Gasteiger charge is -2.07. The van der Waals surface area contributed by atoms with Gasteiger partial charge in [0.05, 0.1) is 6.10 Å². The summed E-state index contributed by atoms with van der Waals surface area (Å²) >= 11 is 0. The fraction of sp³-hybridized carbons (Fsp3) is 0.308. The van der Waals surface area contributed by atoms with Crippen LogP contribution >= 0.6 is 0 Å². The van der Waals surface area contributed by atoms with Crippen LogP contribution in [-0.4, -0.2) is 27.0 Å². The van der Waals surface area contributed by atoms with E-state index in [1.807, 2.05) is 6.07 Å². The third kappa shape index (κ3) is 6.73. The molecule has 19 heavy (non-hydrogen) atoms. The Morgan fingerprint density at radius 1 is 1.32 bits per heavy atom. The first-order chi connectivity index (χ1) is 8.89. The molecule has 0 spiro atoms. The molecule has 1 rings (SSSR count). The average molecular weight is 283 g/mol. The van der Waals surface area contributed by atoms with E-state index in [4.69, 9.17) is 4.74 Å². The number of nitrogens with one attached hydrogen (secondary N) is 1. The normalized spacial score (nSPS) is 11.9. The maximum Gasteiger partial charge on any atom is 0.321 e. The Balaban J connectivity index is 2.53. The van der Waals surface area contributed by atoms with Crippen molar-refractivity contribution in [1.82, 2.24) is 4.72 Å². The highest BCUT2D eigenvalue weighted by molar-refractivity contribution is 7.92. The number of carbonyl (C=O) groups is 1. The Kier molecular flexibility index (Phi) is 5.72. The van der Waals surface area contributed by atoms with Crippen molar-refractivity contribution in [2.75, 3.05) is 6.54 Å². The van der Waals surface area contributed by atoms with Gasteiger partial charge in [-0.1, -0.05) is 30.3 Å². The number of hydrogen-bond donors (Lipinski definition) is 1. The predicted octanol–water partition coefficient (Wildman–Crippen LogP) is 1.53. The highest BCUT2D eigenvalue weighted by atomic mass is 32.2. The van der Waals surface area contributed by atoms with E-state index >= 15 is 0 Å². The fourth-order valence-corrected chi connectivity index (χ4v) is 2.00. The lowest BCUT2D eigenvalue weighted by molar-refractivity contribution is -0.145. The Hall–Kier alpha value is -1.66. The number of sulfonamides is 1. The average Bonchev–Trinajstić information content (AvgIpc) is 2.35. The second kappa shape index (κ2) is 7.06. The monoisotopic (exact) mass is 283 g/mol. The quantitative estimate of drug-likeness (QED) is 0.804. The molecule has 5 nitrogen and oxygen atoms in total. The Labute approximate surface area is 113 Å². The molecule has 0 saturated heterocycles. The number of carbonyl (C=O) groups excluding carboxylic acids is 1. The van der Waals surface area contributed by atoms with Crippen LogP contribution in [0.1, 0.15) is 19.4 Å². The van der Waals surface area contributed by atoms with E-state index < -0.39 is 16.0 Å². The molecule has 0 saturated carbocycles. The molecule has 0 aliphatic heterocycles. The lowest BCUT2D eigenvalue weighted by atomic mass is 10.2. The van der Waals surface area contributed by atoms with E-state index in [0.717, 1.165) is 11.0 Å². The minimum atomic E-state index is -3.64. The van der Waals surface area contributed by atoms with Crippen molar-refractivity contribution in [3.05, 3.63) is 41.3 Å². The highest BCUT2D eigenvalue weighted by Crippen LogP contribution is 2.02. The van der Waals surface area contributed by atoms with Crippen LogP contribution in [0.15, 0.2) is 35.7 Å². The Bertz CT molecular complexity index is 535. The van der Waals surface area contributed by atoms with E-state index in [1.165, 1.54) is 6.08 Å². The summed E-state index contributed by atoms with van der Waals surface area (Å²) in [6.45, 7) is 3.02. The minimum Gasteiger partial charge on any atom is -0.462 e. The largest absolute Gasteiger partial charge is 0.462 e. The predicted molar refractivity (Wildman–Crippen MR) is 73.6 cm³/mol. The van der Waals surface area contributed by atoms with Crippen molar-refractivity contribution in [3.8, 4) is 0 Å².